The van der Waals surface area contributed by atoms with Crippen LogP contribution >= 0.6 is 11.8 Å². The predicted molar refractivity (Wildman–Crippen MR) is 131 cm³/mol. The van der Waals surface area contributed by atoms with E-state index < -0.39 is 0 Å². The van der Waals surface area contributed by atoms with Gasteiger partial charge >= 0.3 is 0 Å². The molecular formula is C25H25N5O2S. The maximum absolute atomic E-state index is 12.6. The number of aryl methyl sites for hydroxylation is 1. The van der Waals surface area contributed by atoms with Crippen LogP contribution in [0.15, 0.2) is 71.9 Å². The summed E-state index contributed by atoms with van der Waals surface area (Å²) in [5.74, 6) is 0.516. The molecule has 2 amide bonds. The van der Waals surface area contributed by atoms with Crippen molar-refractivity contribution in [3.8, 4) is 0 Å². The highest BCUT2D eigenvalue weighted by molar-refractivity contribution is 7.99. The first-order valence-corrected chi connectivity index (χ1v) is 11.6. The molecule has 1 aromatic heterocycles. The molecule has 0 aliphatic heterocycles. The number of fused-ring (bicyclic) bond motifs is 1. The van der Waals surface area contributed by atoms with Gasteiger partial charge in [0.2, 0.25) is 5.91 Å². The lowest BCUT2D eigenvalue weighted by Gasteiger charge is -2.14. The minimum absolute atomic E-state index is 0.123. The summed E-state index contributed by atoms with van der Waals surface area (Å²) in [6, 6.07) is 20.8. The normalized spacial score (nSPS) is 11.8. The van der Waals surface area contributed by atoms with Gasteiger partial charge in [0.25, 0.3) is 5.91 Å². The van der Waals surface area contributed by atoms with Crippen LogP contribution in [0, 0.1) is 6.92 Å². The summed E-state index contributed by atoms with van der Waals surface area (Å²) in [7, 11) is 1.83. The number of anilines is 1. The number of nitrogens with zero attached hydrogens (tertiary/aromatic N) is 3. The largest absolute Gasteiger partial charge is 0.342 e. The van der Waals surface area contributed by atoms with Crippen molar-refractivity contribution in [2.75, 3.05) is 11.1 Å². The Bertz CT molecular complexity index is 1290. The van der Waals surface area contributed by atoms with Gasteiger partial charge in [-0.15, -0.1) is 10.2 Å². The van der Waals surface area contributed by atoms with Crippen LogP contribution in [-0.2, 0) is 11.8 Å². The minimum atomic E-state index is -0.338. The maximum Gasteiger partial charge on any atom is 0.251 e. The van der Waals surface area contributed by atoms with E-state index in [2.05, 4.69) is 20.8 Å². The van der Waals surface area contributed by atoms with Crippen LogP contribution in [0.25, 0.3) is 10.8 Å². The van der Waals surface area contributed by atoms with Crippen molar-refractivity contribution >= 4 is 40.0 Å². The first kappa shape index (κ1) is 22.5. The molecule has 0 saturated heterocycles. The number of benzene rings is 3. The van der Waals surface area contributed by atoms with Crippen LogP contribution in [0.1, 0.15) is 34.7 Å². The molecule has 1 heterocycles. The summed E-state index contributed by atoms with van der Waals surface area (Å²) in [5, 5.41) is 17.0. The average Bonchev–Trinajstić information content (AvgIpc) is 3.18. The third kappa shape index (κ3) is 5.23. The lowest BCUT2D eigenvalue weighted by Crippen LogP contribution is -2.28. The van der Waals surface area contributed by atoms with Gasteiger partial charge in [0.05, 0.1) is 11.8 Å². The summed E-state index contributed by atoms with van der Waals surface area (Å²) < 4.78 is 1.80. The van der Waals surface area contributed by atoms with Crippen molar-refractivity contribution in [2.24, 2.45) is 7.05 Å². The summed E-state index contributed by atoms with van der Waals surface area (Å²) in [5.41, 5.74) is 2.47. The molecule has 168 valence electrons. The van der Waals surface area contributed by atoms with E-state index >= 15 is 0 Å². The molecule has 1 atom stereocenters. The fourth-order valence-corrected chi connectivity index (χ4v) is 4.25. The average molecular weight is 460 g/mol. The number of thioether (sulfide) groups is 1. The second-order valence-electron chi connectivity index (χ2n) is 7.82. The number of amides is 2. The number of hydrogen-bond acceptors (Lipinski definition) is 5. The Labute approximate surface area is 196 Å². The van der Waals surface area contributed by atoms with Gasteiger partial charge in [0.1, 0.15) is 0 Å². The molecule has 3 aromatic carbocycles. The summed E-state index contributed by atoms with van der Waals surface area (Å²) in [4.78, 5) is 25.1. The topological polar surface area (TPSA) is 88.9 Å². The first-order chi connectivity index (χ1) is 15.9. The van der Waals surface area contributed by atoms with Crippen LogP contribution < -0.4 is 10.6 Å². The van der Waals surface area contributed by atoms with E-state index in [4.69, 9.17) is 0 Å². The zero-order valence-electron chi connectivity index (χ0n) is 18.7. The van der Waals surface area contributed by atoms with Crippen LogP contribution in [0.2, 0.25) is 0 Å². The van der Waals surface area contributed by atoms with E-state index in [9.17, 15) is 9.59 Å². The van der Waals surface area contributed by atoms with Crippen molar-refractivity contribution in [1.29, 1.82) is 0 Å². The van der Waals surface area contributed by atoms with Gasteiger partial charge in [-0.05, 0) is 37.4 Å². The first-order valence-electron chi connectivity index (χ1n) is 10.6. The Morgan fingerprint density at radius 1 is 1.00 bits per heavy atom. The fraction of sp³-hybridized carbons (Fsp3) is 0.200. The highest BCUT2D eigenvalue weighted by Gasteiger charge is 2.19. The van der Waals surface area contributed by atoms with Gasteiger partial charge in [-0.2, -0.15) is 0 Å². The SMILES string of the molecule is Cc1ccc(C(=O)N[C@H](C)c2nnc(SCC(=O)Nc3cccc4ccccc34)n2C)cc1. The molecular weight excluding hydrogens is 434 g/mol. The van der Waals surface area contributed by atoms with E-state index in [1.807, 2.05) is 75.5 Å². The molecule has 4 rings (SSSR count). The van der Waals surface area contributed by atoms with Crippen LogP contribution in [0.5, 0.6) is 0 Å². The monoisotopic (exact) mass is 459 g/mol. The Morgan fingerprint density at radius 3 is 2.52 bits per heavy atom. The number of hydrogen-bond donors (Lipinski definition) is 2. The van der Waals surface area contributed by atoms with E-state index in [-0.39, 0.29) is 23.6 Å². The quantitative estimate of drug-likeness (QED) is 0.397. The molecule has 0 fully saturated rings. The fourth-order valence-electron chi connectivity index (χ4n) is 3.53. The van der Waals surface area contributed by atoms with Crippen molar-refractivity contribution in [3.05, 3.63) is 83.7 Å². The van der Waals surface area contributed by atoms with E-state index in [1.54, 1.807) is 16.7 Å². The van der Waals surface area contributed by atoms with Crippen LogP contribution in [0.4, 0.5) is 5.69 Å². The molecule has 0 radical (unpaired) electrons. The number of rotatable bonds is 7. The molecule has 0 saturated carbocycles. The van der Waals surface area contributed by atoms with Crippen molar-refractivity contribution in [2.45, 2.75) is 25.0 Å². The molecule has 7 nitrogen and oxygen atoms in total. The summed E-state index contributed by atoms with van der Waals surface area (Å²) in [6.45, 7) is 3.84. The number of carbonyl (C=O) groups excluding carboxylic acids is 2. The van der Waals surface area contributed by atoms with E-state index in [0.717, 1.165) is 22.0 Å². The lowest BCUT2D eigenvalue weighted by molar-refractivity contribution is -0.113. The van der Waals surface area contributed by atoms with Crippen molar-refractivity contribution in [1.82, 2.24) is 20.1 Å². The molecule has 0 bridgehead atoms. The van der Waals surface area contributed by atoms with Crippen LogP contribution in [-0.4, -0.2) is 32.3 Å². The summed E-state index contributed by atoms with van der Waals surface area (Å²) in [6.07, 6.45) is 0. The Morgan fingerprint density at radius 2 is 1.73 bits per heavy atom. The Balaban J connectivity index is 1.37. The van der Waals surface area contributed by atoms with Crippen molar-refractivity contribution < 1.29 is 9.59 Å². The van der Waals surface area contributed by atoms with Gasteiger partial charge in [0, 0.05) is 23.7 Å². The number of nitrogens with one attached hydrogen (secondary N) is 2. The minimum Gasteiger partial charge on any atom is -0.342 e. The predicted octanol–water partition coefficient (Wildman–Crippen LogP) is 4.50. The zero-order chi connectivity index (χ0) is 23.4. The van der Waals surface area contributed by atoms with Crippen molar-refractivity contribution in [3.63, 3.8) is 0 Å². The van der Waals surface area contributed by atoms with E-state index in [0.29, 0.717) is 16.5 Å². The molecule has 2 N–H and O–H groups in total. The van der Waals surface area contributed by atoms with Gasteiger partial charge < -0.3 is 15.2 Å². The third-order valence-corrected chi connectivity index (χ3v) is 6.33. The van der Waals surface area contributed by atoms with Crippen LogP contribution in [0.3, 0.4) is 0 Å². The molecule has 4 aromatic rings. The standard InChI is InChI=1S/C25H25N5O2S/c1-16-11-13-19(14-12-16)24(32)26-17(2)23-28-29-25(30(23)3)33-15-22(31)27-21-10-6-8-18-7-4-5-9-20(18)21/h4-14,17H,15H2,1-3H3,(H,26,32)(H,27,31)/t17-/m1/s1. The third-order valence-electron chi connectivity index (χ3n) is 5.31. The molecule has 8 heteroatoms. The number of carbonyl (C=O) groups is 2. The summed E-state index contributed by atoms with van der Waals surface area (Å²) >= 11 is 1.30. The Hall–Kier alpha value is -3.65. The lowest BCUT2D eigenvalue weighted by atomic mass is 10.1. The Kier molecular flexibility index (Phi) is 6.74. The molecule has 0 unspecified atom stereocenters. The zero-order valence-corrected chi connectivity index (χ0v) is 19.5. The smallest absolute Gasteiger partial charge is 0.251 e. The second-order valence-corrected chi connectivity index (χ2v) is 8.77. The maximum atomic E-state index is 12.6. The molecule has 33 heavy (non-hydrogen) atoms. The highest BCUT2D eigenvalue weighted by Crippen LogP contribution is 2.24. The highest BCUT2D eigenvalue weighted by atomic mass is 32.2. The second kappa shape index (κ2) is 9.87. The molecule has 0 spiro atoms. The van der Waals surface area contributed by atoms with Gasteiger partial charge in [-0.3, -0.25) is 9.59 Å². The number of aromatic nitrogens is 3. The van der Waals surface area contributed by atoms with Gasteiger partial charge in [-0.1, -0.05) is 65.9 Å². The molecule has 0 aliphatic rings. The van der Waals surface area contributed by atoms with Gasteiger partial charge in [0.15, 0.2) is 11.0 Å². The van der Waals surface area contributed by atoms with Gasteiger partial charge in [-0.25, -0.2) is 0 Å². The van der Waals surface area contributed by atoms with E-state index in [1.165, 1.54) is 11.8 Å². The molecule has 0 aliphatic carbocycles.